The van der Waals surface area contributed by atoms with E-state index in [-0.39, 0.29) is 28.3 Å². The molecule has 0 unspecified atom stereocenters. The fourth-order valence-electron chi connectivity index (χ4n) is 7.52. The van der Waals surface area contributed by atoms with Gasteiger partial charge in [0.2, 0.25) is 0 Å². The standard InChI is InChI=1S/C23H32O5/c1-22-9-7-14(24)11-13(22)3-4-15-16-5-6-18(21(28)19(25)12-20(26)27)23(16,2)10-8-17(15)22/h11,15-19,25H,3-10,12H2,1-2H3,(H,26,27)/t15-,16-,17-,18+,19+,22-,23-/m0/s1. The lowest BCUT2D eigenvalue weighted by Gasteiger charge is -2.58. The number of fused-ring (bicyclic) bond motifs is 5. The summed E-state index contributed by atoms with van der Waals surface area (Å²) in [6.45, 7) is 4.55. The minimum Gasteiger partial charge on any atom is -0.481 e. The van der Waals surface area contributed by atoms with Gasteiger partial charge < -0.3 is 10.2 Å². The van der Waals surface area contributed by atoms with Crippen molar-refractivity contribution in [2.24, 2.45) is 34.5 Å². The molecule has 7 atom stereocenters. The minimum absolute atomic E-state index is 0.114. The van der Waals surface area contributed by atoms with Crippen LogP contribution in [-0.4, -0.2) is 33.9 Å². The molecule has 3 saturated carbocycles. The van der Waals surface area contributed by atoms with Crippen LogP contribution in [0.25, 0.3) is 0 Å². The van der Waals surface area contributed by atoms with Crippen LogP contribution in [0.1, 0.15) is 71.6 Å². The first kappa shape index (κ1) is 19.8. The summed E-state index contributed by atoms with van der Waals surface area (Å²) in [4.78, 5) is 35.7. The molecule has 0 bridgehead atoms. The van der Waals surface area contributed by atoms with Crippen molar-refractivity contribution in [1.82, 2.24) is 0 Å². The first-order valence-electron chi connectivity index (χ1n) is 10.8. The highest BCUT2D eigenvalue weighted by Gasteiger charge is 2.60. The molecular formula is C23H32O5. The fraction of sp³-hybridized carbons (Fsp3) is 0.783. The first-order chi connectivity index (χ1) is 13.2. The molecule has 0 aromatic carbocycles. The van der Waals surface area contributed by atoms with Gasteiger partial charge in [0.25, 0.3) is 0 Å². The summed E-state index contributed by atoms with van der Waals surface area (Å²) in [6, 6.07) is 0. The molecule has 0 aromatic rings. The van der Waals surface area contributed by atoms with E-state index in [2.05, 4.69) is 13.8 Å². The van der Waals surface area contributed by atoms with Crippen LogP contribution >= 0.6 is 0 Å². The van der Waals surface area contributed by atoms with Crippen LogP contribution in [0.2, 0.25) is 0 Å². The molecule has 0 spiro atoms. The summed E-state index contributed by atoms with van der Waals surface area (Å²) in [5.74, 6) is 0.219. The van der Waals surface area contributed by atoms with Crippen molar-refractivity contribution in [3.8, 4) is 0 Å². The number of rotatable bonds is 4. The molecule has 3 fully saturated rings. The maximum atomic E-state index is 12.9. The maximum Gasteiger partial charge on any atom is 0.306 e. The second kappa shape index (κ2) is 6.79. The number of hydrogen-bond donors (Lipinski definition) is 2. The van der Waals surface area contributed by atoms with Gasteiger partial charge in [-0.05, 0) is 79.6 Å². The molecule has 0 saturated heterocycles. The van der Waals surface area contributed by atoms with Crippen LogP contribution in [0.5, 0.6) is 0 Å². The van der Waals surface area contributed by atoms with Gasteiger partial charge in [-0.3, -0.25) is 14.4 Å². The number of aliphatic hydroxyl groups is 1. The summed E-state index contributed by atoms with van der Waals surface area (Å²) in [5, 5.41) is 19.1. The quantitative estimate of drug-likeness (QED) is 0.769. The number of ketones is 2. The number of carboxylic acids is 1. The van der Waals surface area contributed by atoms with E-state index in [0.717, 1.165) is 44.9 Å². The highest BCUT2D eigenvalue weighted by molar-refractivity contribution is 5.91. The van der Waals surface area contributed by atoms with Gasteiger partial charge in [0, 0.05) is 12.3 Å². The van der Waals surface area contributed by atoms with Crippen molar-refractivity contribution in [3.05, 3.63) is 11.6 Å². The van der Waals surface area contributed by atoms with Crippen LogP contribution in [-0.2, 0) is 14.4 Å². The predicted molar refractivity (Wildman–Crippen MR) is 103 cm³/mol. The largest absolute Gasteiger partial charge is 0.481 e. The molecule has 4 aliphatic carbocycles. The summed E-state index contributed by atoms with van der Waals surface area (Å²) in [5.41, 5.74) is 1.32. The normalized spacial score (nSPS) is 43.4. The maximum absolute atomic E-state index is 12.9. The van der Waals surface area contributed by atoms with Crippen molar-refractivity contribution in [2.45, 2.75) is 77.7 Å². The van der Waals surface area contributed by atoms with E-state index in [1.54, 1.807) is 0 Å². The van der Waals surface area contributed by atoms with E-state index in [1.165, 1.54) is 5.57 Å². The van der Waals surface area contributed by atoms with E-state index >= 15 is 0 Å². The van der Waals surface area contributed by atoms with E-state index in [9.17, 15) is 19.5 Å². The average Bonchev–Trinajstić information content (AvgIpc) is 2.98. The molecule has 5 nitrogen and oxygen atoms in total. The number of allylic oxidation sites excluding steroid dienone is 1. The van der Waals surface area contributed by atoms with Crippen molar-refractivity contribution < 1.29 is 24.6 Å². The molecule has 154 valence electrons. The smallest absolute Gasteiger partial charge is 0.306 e. The van der Waals surface area contributed by atoms with Crippen LogP contribution in [0, 0.1) is 34.5 Å². The Morgan fingerprint density at radius 1 is 1.11 bits per heavy atom. The van der Waals surface area contributed by atoms with Gasteiger partial charge >= 0.3 is 5.97 Å². The average molecular weight is 389 g/mol. The topological polar surface area (TPSA) is 91.7 Å². The number of carboxylic acid groups (broad SMARTS) is 1. The summed E-state index contributed by atoms with van der Waals surface area (Å²) >= 11 is 0. The van der Waals surface area contributed by atoms with Crippen molar-refractivity contribution in [1.29, 1.82) is 0 Å². The number of hydrogen-bond acceptors (Lipinski definition) is 4. The fourth-order valence-corrected chi connectivity index (χ4v) is 7.52. The molecule has 2 N–H and O–H groups in total. The Labute approximate surface area is 166 Å². The number of aliphatic carboxylic acids is 1. The van der Waals surface area contributed by atoms with Crippen LogP contribution < -0.4 is 0 Å². The van der Waals surface area contributed by atoms with Crippen LogP contribution in [0.15, 0.2) is 11.6 Å². The molecule has 4 aliphatic rings. The van der Waals surface area contributed by atoms with Crippen molar-refractivity contribution in [2.75, 3.05) is 0 Å². The second-order valence-corrected chi connectivity index (χ2v) is 10.2. The van der Waals surface area contributed by atoms with E-state index in [4.69, 9.17) is 5.11 Å². The zero-order valence-corrected chi connectivity index (χ0v) is 16.9. The van der Waals surface area contributed by atoms with Crippen molar-refractivity contribution in [3.63, 3.8) is 0 Å². The Kier molecular flexibility index (Phi) is 4.80. The summed E-state index contributed by atoms with van der Waals surface area (Å²) in [7, 11) is 0. The molecule has 0 heterocycles. The number of carbonyl (C=O) groups is 3. The Morgan fingerprint density at radius 3 is 2.57 bits per heavy atom. The lowest BCUT2D eigenvalue weighted by atomic mass is 9.46. The molecule has 4 rings (SSSR count). The van der Waals surface area contributed by atoms with Crippen molar-refractivity contribution >= 4 is 17.5 Å². The lowest BCUT2D eigenvalue weighted by Crippen LogP contribution is -2.51. The van der Waals surface area contributed by atoms with Crippen LogP contribution in [0.3, 0.4) is 0 Å². The molecule has 5 heteroatoms. The SMILES string of the molecule is C[C@]12CC[C@H]3[C@@H](CCC4=CC(=O)CC[C@@]43C)[C@@H]1CC[C@@H]2C(=O)[C@H](O)CC(=O)O. The third-order valence-electron chi connectivity index (χ3n) is 9.00. The zero-order chi connectivity index (χ0) is 20.3. The van der Waals surface area contributed by atoms with Gasteiger partial charge in [-0.1, -0.05) is 19.4 Å². The Morgan fingerprint density at radius 2 is 1.86 bits per heavy atom. The monoisotopic (exact) mass is 388 g/mol. The molecule has 0 aliphatic heterocycles. The zero-order valence-electron chi connectivity index (χ0n) is 16.9. The molecule has 0 amide bonds. The van der Waals surface area contributed by atoms with Crippen LogP contribution in [0.4, 0.5) is 0 Å². The first-order valence-corrected chi connectivity index (χ1v) is 10.8. The molecule has 0 radical (unpaired) electrons. The third-order valence-corrected chi connectivity index (χ3v) is 9.00. The number of Topliss-reactive ketones (excluding diaryl/α,β-unsaturated/α-hetero) is 1. The Balaban J connectivity index is 1.57. The minimum atomic E-state index is -1.39. The molecule has 28 heavy (non-hydrogen) atoms. The third kappa shape index (κ3) is 2.89. The summed E-state index contributed by atoms with van der Waals surface area (Å²) < 4.78 is 0. The van der Waals surface area contributed by atoms with Gasteiger partial charge in [-0.2, -0.15) is 0 Å². The molecule has 0 aromatic heterocycles. The second-order valence-electron chi connectivity index (χ2n) is 10.2. The Bertz CT molecular complexity index is 739. The Hall–Kier alpha value is -1.49. The van der Waals surface area contributed by atoms with E-state index in [1.807, 2.05) is 6.08 Å². The predicted octanol–water partition coefficient (Wildman–Crippen LogP) is 3.54. The van der Waals surface area contributed by atoms with E-state index < -0.39 is 18.5 Å². The molecular weight excluding hydrogens is 356 g/mol. The number of aliphatic hydroxyl groups excluding tert-OH is 1. The van der Waals surface area contributed by atoms with Gasteiger partial charge in [-0.15, -0.1) is 0 Å². The van der Waals surface area contributed by atoms with E-state index in [0.29, 0.717) is 24.2 Å². The highest BCUT2D eigenvalue weighted by atomic mass is 16.4. The van der Waals surface area contributed by atoms with Gasteiger partial charge in [-0.25, -0.2) is 0 Å². The van der Waals surface area contributed by atoms with Gasteiger partial charge in [0.1, 0.15) is 6.10 Å². The van der Waals surface area contributed by atoms with Gasteiger partial charge in [0.05, 0.1) is 6.42 Å². The number of carbonyl (C=O) groups excluding carboxylic acids is 2. The summed E-state index contributed by atoms with van der Waals surface area (Å²) in [6.07, 6.45) is 7.44. The van der Waals surface area contributed by atoms with Gasteiger partial charge in [0.15, 0.2) is 11.6 Å². The highest BCUT2D eigenvalue weighted by Crippen LogP contribution is 2.66. The lowest BCUT2D eigenvalue weighted by molar-refractivity contribution is -0.147.